The number of anilines is 1. The van der Waals surface area contributed by atoms with Crippen LogP contribution in [0.5, 0.6) is 0 Å². The molecule has 6 nitrogen and oxygen atoms in total. The SMILES string of the molecule is Cc1nn(C(C)(C)C)c(C)c1C1CC(=O)Nc2n[nH]c(C3CCC3)c21. The molecule has 1 aliphatic carbocycles. The van der Waals surface area contributed by atoms with Crippen LogP contribution in [0.4, 0.5) is 5.82 Å². The van der Waals surface area contributed by atoms with Gasteiger partial charge in [-0.2, -0.15) is 10.2 Å². The lowest BCUT2D eigenvalue weighted by molar-refractivity contribution is -0.116. The zero-order valence-corrected chi connectivity index (χ0v) is 15.7. The molecule has 2 N–H and O–H groups in total. The van der Waals surface area contributed by atoms with Crippen LogP contribution in [0.15, 0.2) is 0 Å². The molecule has 1 aliphatic heterocycles. The second kappa shape index (κ2) is 5.44. The molecule has 2 aromatic heterocycles. The third-order valence-electron chi connectivity index (χ3n) is 5.67. The number of nitrogens with one attached hydrogen (secondary N) is 2. The average molecular weight is 341 g/mol. The summed E-state index contributed by atoms with van der Waals surface area (Å²) in [5, 5.41) is 15.4. The molecule has 134 valence electrons. The van der Waals surface area contributed by atoms with E-state index in [-0.39, 0.29) is 17.4 Å². The number of hydrogen-bond donors (Lipinski definition) is 2. The second-order valence-electron chi connectivity index (χ2n) is 8.50. The van der Waals surface area contributed by atoms with Gasteiger partial charge in [-0.3, -0.25) is 14.6 Å². The molecule has 2 aromatic rings. The van der Waals surface area contributed by atoms with Gasteiger partial charge in [0, 0.05) is 40.8 Å². The van der Waals surface area contributed by atoms with E-state index in [2.05, 4.69) is 54.8 Å². The normalized spacial score (nSPS) is 21.0. The van der Waals surface area contributed by atoms with Crippen molar-refractivity contribution >= 4 is 11.7 Å². The maximum absolute atomic E-state index is 12.3. The second-order valence-corrected chi connectivity index (χ2v) is 8.50. The number of carbonyl (C=O) groups excluding carboxylic acids is 1. The maximum atomic E-state index is 12.3. The molecule has 4 rings (SSSR count). The summed E-state index contributed by atoms with van der Waals surface area (Å²) < 4.78 is 2.09. The highest BCUT2D eigenvalue weighted by Crippen LogP contribution is 2.46. The molecule has 25 heavy (non-hydrogen) atoms. The fraction of sp³-hybridized carbons (Fsp3) is 0.632. The van der Waals surface area contributed by atoms with Crippen molar-refractivity contribution in [2.75, 3.05) is 5.32 Å². The molecule has 0 aromatic carbocycles. The molecule has 0 saturated heterocycles. The van der Waals surface area contributed by atoms with E-state index in [1.165, 1.54) is 36.1 Å². The van der Waals surface area contributed by atoms with Gasteiger partial charge >= 0.3 is 0 Å². The van der Waals surface area contributed by atoms with Crippen molar-refractivity contribution in [3.8, 4) is 0 Å². The molecule has 1 atom stereocenters. The number of nitrogens with zero attached hydrogens (tertiary/aromatic N) is 3. The smallest absolute Gasteiger partial charge is 0.226 e. The van der Waals surface area contributed by atoms with Crippen LogP contribution in [0, 0.1) is 13.8 Å². The zero-order valence-electron chi connectivity index (χ0n) is 15.7. The van der Waals surface area contributed by atoms with Crippen molar-refractivity contribution in [3.05, 3.63) is 28.2 Å². The monoisotopic (exact) mass is 341 g/mol. The summed E-state index contributed by atoms with van der Waals surface area (Å²) in [5.74, 6) is 1.33. The summed E-state index contributed by atoms with van der Waals surface area (Å²) in [5.41, 5.74) is 5.67. The molecule has 3 heterocycles. The van der Waals surface area contributed by atoms with Gasteiger partial charge in [0.1, 0.15) is 0 Å². The van der Waals surface area contributed by atoms with Crippen molar-refractivity contribution in [2.45, 2.75) is 77.7 Å². The summed E-state index contributed by atoms with van der Waals surface area (Å²) in [7, 11) is 0. The van der Waals surface area contributed by atoms with Gasteiger partial charge in [-0.25, -0.2) is 0 Å². The molecule has 0 radical (unpaired) electrons. The summed E-state index contributed by atoms with van der Waals surface area (Å²) in [4.78, 5) is 12.3. The first-order chi connectivity index (χ1) is 11.8. The number of carbonyl (C=O) groups is 1. The van der Waals surface area contributed by atoms with Crippen molar-refractivity contribution in [2.24, 2.45) is 0 Å². The van der Waals surface area contributed by atoms with E-state index in [4.69, 9.17) is 5.10 Å². The predicted molar refractivity (Wildman–Crippen MR) is 97.0 cm³/mol. The fourth-order valence-electron chi connectivity index (χ4n) is 4.35. The summed E-state index contributed by atoms with van der Waals surface area (Å²) >= 11 is 0. The van der Waals surface area contributed by atoms with E-state index in [0.29, 0.717) is 18.2 Å². The van der Waals surface area contributed by atoms with Crippen molar-refractivity contribution in [1.82, 2.24) is 20.0 Å². The highest BCUT2D eigenvalue weighted by atomic mass is 16.1. The van der Waals surface area contributed by atoms with Gasteiger partial charge in [0.2, 0.25) is 5.91 Å². The molecule has 2 aliphatic rings. The molecule has 1 unspecified atom stereocenters. The minimum atomic E-state index is -0.0833. The van der Waals surface area contributed by atoms with E-state index in [1.807, 2.05) is 0 Å². The Hall–Kier alpha value is -2.11. The van der Waals surface area contributed by atoms with E-state index in [1.54, 1.807) is 0 Å². The highest BCUT2D eigenvalue weighted by Gasteiger charge is 2.38. The molecule has 0 bridgehead atoms. The number of H-pyrrole nitrogens is 1. The highest BCUT2D eigenvalue weighted by molar-refractivity contribution is 5.94. The maximum Gasteiger partial charge on any atom is 0.226 e. The standard InChI is InChI=1S/C19H27N5O/c1-10-15(11(2)24(23-10)19(3,4)5)13-9-14(25)20-18-16(13)17(21-22-18)12-7-6-8-12/h12-13H,6-9H2,1-5H3,(H2,20,21,22,25). The van der Waals surface area contributed by atoms with E-state index >= 15 is 0 Å². The largest absolute Gasteiger partial charge is 0.309 e. The van der Waals surface area contributed by atoms with Crippen molar-refractivity contribution < 1.29 is 4.79 Å². The Kier molecular flexibility index (Phi) is 3.56. The van der Waals surface area contributed by atoms with Crippen LogP contribution in [0.2, 0.25) is 0 Å². The molecular weight excluding hydrogens is 314 g/mol. The van der Waals surface area contributed by atoms with Gasteiger partial charge in [-0.05, 0) is 47.5 Å². The first-order valence-corrected chi connectivity index (χ1v) is 9.22. The number of hydrogen-bond acceptors (Lipinski definition) is 3. The lowest BCUT2D eigenvalue weighted by Crippen LogP contribution is -2.26. The van der Waals surface area contributed by atoms with Gasteiger partial charge in [0.05, 0.1) is 11.2 Å². The summed E-state index contributed by atoms with van der Waals surface area (Å²) in [6, 6.07) is 0. The van der Waals surface area contributed by atoms with Crippen LogP contribution in [0.25, 0.3) is 0 Å². The van der Waals surface area contributed by atoms with E-state index in [9.17, 15) is 4.79 Å². The van der Waals surface area contributed by atoms with E-state index < -0.39 is 0 Å². The Labute approximate surface area is 148 Å². The predicted octanol–water partition coefficient (Wildman–Crippen LogP) is 3.72. The van der Waals surface area contributed by atoms with Crippen molar-refractivity contribution in [1.29, 1.82) is 0 Å². The average Bonchev–Trinajstić information content (AvgIpc) is 2.98. The number of amides is 1. The van der Waals surface area contributed by atoms with Crippen LogP contribution in [-0.2, 0) is 10.3 Å². The first kappa shape index (κ1) is 16.4. The number of fused-ring (bicyclic) bond motifs is 1. The van der Waals surface area contributed by atoms with Gasteiger partial charge < -0.3 is 5.32 Å². The molecular formula is C19H27N5O. The summed E-state index contributed by atoms with van der Waals surface area (Å²) in [6.07, 6.45) is 4.14. The van der Waals surface area contributed by atoms with Crippen LogP contribution >= 0.6 is 0 Å². The van der Waals surface area contributed by atoms with Crippen LogP contribution in [0.1, 0.15) is 86.5 Å². The van der Waals surface area contributed by atoms with Gasteiger partial charge in [0.25, 0.3) is 0 Å². The lowest BCUT2D eigenvalue weighted by atomic mass is 9.76. The minimum absolute atomic E-state index is 0.0338. The first-order valence-electron chi connectivity index (χ1n) is 9.22. The summed E-state index contributed by atoms with van der Waals surface area (Å²) in [6.45, 7) is 10.7. The van der Waals surface area contributed by atoms with Gasteiger partial charge in [-0.1, -0.05) is 6.42 Å². The molecule has 1 saturated carbocycles. The number of aromatic amines is 1. The quantitative estimate of drug-likeness (QED) is 0.874. The lowest BCUT2D eigenvalue weighted by Gasteiger charge is -2.30. The minimum Gasteiger partial charge on any atom is -0.309 e. The third-order valence-corrected chi connectivity index (χ3v) is 5.67. The Balaban J connectivity index is 1.86. The van der Waals surface area contributed by atoms with Gasteiger partial charge in [-0.15, -0.1) is 0 Å². The van der Waals surface area contributed by atoms with Crippen LogP contribution in [0.3, 0.4) is 0 Å². The van der Waals surface area contributed by atoms with Crippen LogP contribution < -0.4 is 5.32 Å². The number of aryl methyl sites for hydroxylation is 1. The Morgan fingerprint density at radius 1 is 1.16 bits per heavy atom. The zero-order chi connectivity index (χ0) is 17.9. The topological polar surface area (TPSA) is 75.6 Å². The fourth-order valence-corrected chi connectivity index (χ4v) is 4.35. The van der Waals surface area contributed by atoms with Gasteiger partial charge in [0.15, 0.2) is 5.82 Å². The Morgan fingerprint density at radius 2 is 1.88 bits per heavy atom. The Bertz CT molecular complexity index is 835. The van der Waals surface area contributed by atoms with E-state index in [0.717, 1.165) is 11.4 Å². The number of aromatic nitrogens is 4. The number of rotatable bonds is 2. The van der Waals surface area contributed by atoms with Crippen LogP contribution in [-0.4, -0.2) is 25.9 Å². The Morgan fingerprint density at radius 3 is 2.44 bits per heavy atom. The van der Waals surface area contributed by atoms with Crippen molar-refractivity contribution in [3.63, 3.8) is 0 Å². The molecule has 0 spiro atoms. The third kappa shape index (κ3) is 2.50. The molecule has 1 amide bonds. The molecule has 1 fully saturated rings. The molecule has 6 heteroatoms.